The third-order valence-corrected chi connectivity index (χ3v) is 4.09. The summed E-state index contributed by atoms with van der Waals surface area (Å²) in [4.78, 5) is 24.5. The van der Waals surface area contributed by atoms with Gasteiger partial charge in [0.25, 0.3) is 11.8 Å². The van der Waals surface area contributed by atoms with Crippen LogP contribution in [0, 0.1) is 11.7 Å². The number of β-amino-alcohol motifs (C(OH)–C–C–N with tert-alkyl or cyclic N) is 1. The Bertz CT molecular complexity index is 763. The monoisotopic (exact) mass is 347 g/mol. The average Bonchev–Trinajstić information content (AvgIpc) is 3.24. The first-order chi connectivity index (χ1) is 12.0. The van der Waals surface area contributed by atoms with Crippen LogP contribution in [0.15, 0.2) is 41.2 Å². The van der Waals surface area contributed by atoms with Crippen LogP contribution in [0.5, 0.6) is 0 Å². The van der Waals surface area contributed by atoms with Crippen LogP contribution in [0.4, 0.5) is 10.1 Å². The normalized spacial score (nSPS) is 19.6. The Balaban J connectivity index is 1.71. The second-order valence-electron chi connectivity index (χ2n) is 5.85. The third-order valence-electron chi connectivity index (χ3n) is 4.09. The van der Waals surface area contributed by atoms with Crippen molar-refractivity contribution in [2.75, 3.05) is 25.0 Å². The Morgan fingerprint density at radius 1 is 1.28 bits per heavy atom. The Morgan fingerprint density at radius 2 is 2.12 bits per heavy atom. The van der Waals surface area contributed by atoms with Gasteiger partial charge < -0.3 is 25.5 Å². The molecule has 2 unspecified atom stereocenters. The van der Waals surface area contributed by atoms with Crippen molar-refractivity contribution in [2.45, 2.75) is 6.10 Å². The van der Waals surface area contributed by atoms with Gasteiger partial charge in [-0.15, -0.1) is 0 Å². The van der Waals surface area contributed by atoms with Crippen LogP contribution in [0.25, 0.3) is 0 Å². The summed E-state index contributed by atoms with van der Waals surface area (Å²) < 4.78 is 18.4. The standard InChI is InChI=1S/C17H18FN3O4/c18-12-1-2-13(17(24)20-7-11-6-19-8-15(11)22)14(5-12)21-16(23)10-3-4-25-9-10/h1-5,9,11,15,19,22H,6-8H2,(H,20,24)(H,21,23). The number of amides is 2. The largest absolute Gasteiger partial charge is 0.472 e. The molecular formula is C17H18FN3O4. The molecule has 2 aromatic rings. The second-order valence-corrected chi connectivity index (χ2v) is 5.85. The molecule has 1 saturated heterocycles. The highest BCUT2D eigenvalue weighted by molar-refractivity contribution is 6.08. The van der Waals surface area contributed by atoms with E-state index in [9.17, 15) is 19.1 Å². The highest BCUT2D eigenvalue weighted by Crippen LogP contribution is 2.19. The van der Waals surface area contributed by atoms with Crippen molar-refractivity contribution < 1.29 is 23.5 Å². The number of furan rings is 1. The average molecular weight is 347 g/mol. The molecule has 7 nitrogen and oxygen atoms in total. The van der Waals surface area contributed by atoms with Crippen LogP contribution in [0.3, 0.4) is 0 Å². The van der Waals surface area contributed by atoms with Gasteiger partial charge in [-0.2, -0.15) is 0 Å². The Labute approximate surface area is 143 Å². The number of carbonyl (C=O) groups is 2. The fourth-order valence-corrected chi connectivity index (χ4v) is 2.65. The molecule has 0 radical (unpaired) electrons. The number of anilines is 1. The number of hydrogen-bond acceptors (Lipinski definition) is 5. The van der Waals surface area contributed by atoms with Gasteiger partial charge >= 0.3 is 0 Å². The summed E-state index contributed by atoms with van der Waals surface area (Å²) in [5.41, 5.74) is 0.461. The molecule has 0 aliphatic carbocycles. The number of nitrogens with one attached hydrogen (secondary N) is 3. The van der Waals surface area contributed by atoms with Gasteiger partial charge in [0.05, 0.1) is 29.2 Å². The summed E-state index contributed by atoms with van der Waals surface area (Å²) in [5, 5.41) is 18.0. The molecule has 0 spiro atoms. The maximum atomic E-state index is 13.5. The van der Waals surface area contributed by atoms with E-state index in [4.69, 9.17) is 4.42 Å². The minimum atomic E-state index is -0.575. The third kappa shape index (κ3) is 4.04. The number of halogens is 1. The summed E-state index contributed by atoms with van der Waals surface area (Å²) in [5.74, 6) is -1.63. The van der Waals surface area contributed by atoms with E-state index < -0.39 is 23.7 Å². The first kappa shape index (κ1) is 17.1. The van der Waals surface area contributed by atoms with Gasteiger partial charge in [0.15, 0.2) is 0 Å². The van der Waals surface area contributed by atoms with Gasteiger partial charge in [-0.1, -0.05) is 0 Å². The molecule has 1 fully saturated rings. The highest BCUT2D eigenvalue weighted by atomic mass is 19.1. The zero-order valence-electron chi connectivity index (χ0n) is 13.3. The van der Waals surface area contributed by atoms with Crippen molar-refractivity contribution >= 4 is 17.5 Å². The summed E-state index contributed by atoms with van der Waals surface area (Å²) in [6.45, 7) is 1.37. The molecule has 25 heavy (non-hydrogen) atoms. The van der Waals surface area contributed by atoms with E-state index in [2.05, 4.69) is 16.0 Å². The number of aliphatic hydroxyl groups excluding tert-OH is 1. The first-order valence-corrected chi connectivity index (χ1v) is 7.84. The Kier molecular flexibility index (Phi) is 5.11. The predicted molar refractivity (Wildman–Crippen MR) is 87.8 cm³/mol. The molecule has 0 saturated carbocycles. The van der Waals surface area contributed by atoms with Crippen LogP contribution in [-0.2, 0) is 0 Å². The van der Waals surface area contributed by atoms with Crippen molar-refractivity contribution in [1.29, 1.82) is 0 Å². The summed E-state index contributed by atoms with van der Waals surface area (Å²) >= 11 is 0. The topological polar surface area (TPSA) is 104 Å². The zero-order valence-corrected chi connectivity index (χ0v) is 13.3. The minimum Gasteiger partial charge on any atom is -0.472 e. The molecule has 4 N–H and O–H groups in total. The van der Waals surface area contributed by atoms with Gasteiger partial charge in [-0.3, -0.25) is 9.59 Å². The fourth-order valence-electron chi connectivity index (χ4n) is 2.65. The van der Waals surface area contributed by atoms with Gasteiger partial charge in [-0.05, 0) is 24.3 Å². The van der Waals surface area contributed by atoms with E-state index in [0.717, 1.165) is 12.1 Å². The molecule has 1 aromatic heterocycles. The lowest BCUT2D eigenvalue weighted by Gasteiger charge is -2.15. The van der Waals surface area contributed by atoms with E-state index in [1.54, 1.807) is 0 Å². The van der Waals surface area contributed by atoms with Crippen LogP contribution in [-0.4, -0.2) is 42.7 Å². The van der Waals surface area contributed by atoms with Gasteiger partial charge in [0, 0.05) is 25.6 Å². The fraction of sp³-hybridized carbons (Fsp3) is 0.294. The van der Waals surface area contributed by atoms with Crippen molar-refractivity contribution in [2.24, 2.45) is 5.92 Å². The molecule has 2 atom stereocenters. The lowest BCUT2D eigenvalue weighted by atomic mass is 10.1. The van der Waals surface area contributed by atoms with Crippen LogP contribution in [0.2, 0.25) is 0 Å². The van der Waals surface area contributed by atoms with Crippen LogP contribution < -0.4 is 16.0 Å². The van der Waals surface area contributed by atoms with E-state index in [1.165, 1.54) is 24.7 Å². The molecule has 132 valence electrons. The summed E-state index contributed by atoms with van der Waals surface area (Å²) in [6.07, 6.45) is 2.08. The lowest BCUT2D eigenvalue weighted by Crippen LogP contribution is -2.34. The van der Waals surface area contributed by atoms with Gasteiger partial charge in [-0.25, -0.2) is 4.39 Å². The highest BCUT2D eigenvalue weighted by Gasteiger charge is 2.25. The molecule has 0 bridgehead atoms. The maximum Gasteiger partial charge on any atom is 0.258 e. The van der Waals surface area contributed by atoms with Gasteiger partial charge in [0.2, 0.25) is 0 Å². The van der Waals surface area contributed by atoms with Crippen molar-refractivity contribution in [3.05, 3.63) is 53.7 Å². The number of hydrogen-bond donors (Lipinski definition) is 4. The van der Waals surface area contributed by atoms with Crippen LogP contribution in [0.1, 0.15) is 20.7 Å². The molecule has 1 aliphatic rings. The molecule has 2 amide bonds. The first-order valence-electron chi connectivity index (χ1n) is 7.84. The molecule has 1 aliphatic heterocycles. The molecule has 2 heterocycles. The number of carbonyl (C=O) groups excluding carboxylic acids is 2. The zero-order chi connectivity index (χ0) is 17.8. The summed E-state index contributed by atoms with van der Waals surface area (Å²) in [7, 11) is 0. The summed E-state index contributed by atoms with van der Waals surface area (Å²) in [6, 6.07) is 5.00. The second kappa shape index (κ2) is 7.45. The lowest BCUT2D eigenvalue weighted by molar-refractivity contribution is 0.0928. The quantitative estimate of drug-likeness (QED) is 0.646. The van der Waals surface area contributed by atoms with Gasteiger partial charge in [0.1, 0.15) is 12.1 Å². The number of rotatable bonds is 5. The van der Waals surface area contributed by atoms with Crippen molar-refractivity contribution in [3.8, 4) is 0 Å². The maximum absolute atomic E-state index is 13.5. The van der Waals surface area contributed by atoms with E-state index in [0.29, 0.717) is 13.1 Å². The molecule has 8 heteroatoms. The Morgan fingerprint density at radius 3 is 2.80 bits per heavy atom. The van der Waals surface area contributed by atoms with E-state index >= 15 is 0 Å². The number of benzene rings is 1. The Hall–Kier alpha value is -2.71. The van der Waals surface area contributed by atoms with Crippen molar-refractivity contribution in [1.82, 2.24) is 10.6 Å². The molecule has 3 rings (SSSR count). The predicted octanol–water partition coefficient (Wildman–Crippen LogP) is 0.981. The smallest absolute Gasteiger partial charge is 0.258 e. The SMILES string of the molecule is O=C(Nc1cc(F)ccc1C(=O)NCC1CNCC1O)c1ccoc1. The molecular weight excluding hydrogens is 329 g/mol. The molecule has 1 aromatic carbocycles. The van der Waals surface area contributed by atoms with Crippen LogP contribution >= 0.6 is 0 Å². The number of aliphatic hydroxyl groups is 1. The van der Waals surface area contributed by atoms with Crippen molar-refractivity contribution in [3.63, 3.8) is 0 Å². The minimum absolute atomic E-state index is 0.0637. The van der Waals surface area contributed by atoms with E-state index in [-0.39, 0.29) is 29.3 Å². The van der Waals surface area contributed by atoms with E-state index in [1.807, 2.05) is 0 Å².